The van der Waals surface area contributed by atoms with E-state index in [9.17, 15) is 5.21 Å². The Morgan fingerprint density at radius 3 is 1.04 bits per heavy atom. The average Bonchev–Trinajstić information content (AvgIpc) is 2.63. The number of rotatable bonds is 21. The zero-order chi connectivity index (χ0) is 19.3. The Hall–Kier alpha value is -0.0800. The zero-order valence-electron chi connectivity index (χ0n) is 18.6. The van der Waals surface area contributed by atoms with Gasteiger partial charge in [-0.1, -0.05) is 122 Å². The normalized spacial score (nSPS) is 12.0. The zero-order valence-corrected chi connectivity index (χ0v) is 18.6. The first kappa shape index (κ1) is 25.9. The maximum absolute atomic E-state index is 10.8. The highest BCUT2D eigenvalue weighted by atomic mass is 16.5. The van der Waals surface area contributed by atoms with Gasteiger partial charge < -0.3 is 10.7 Å². The molecule has 158 valence electrons. The summed E-state index contributed by atoms with van der Waals surface area (Å²) in [5.41, 5.74) is 1.01. The van der Waals surface area contributed by atoms with Gasteiger partial charge in [-0.05, 0) is 20.3 Å². The lowest BCUT2D eigenvalue weighted by molar-refractivity contribution is -0.663. The number of hydrogen-bond acceptors (Lipinski definition) is 1. The van der Waals surface area contributed by atoms with Crippen LogP contribution in [0.2, 0.25) is 0 Å². The third kappa shape index (κ3) is 20.2. The molecule has 0 bridgehead atoms. The molecule has 26 heavy (non-hydrogen) atoms. The number of hydrogen-bond donors (Lipinski definition) is 1. The van der Waals surface area contributed by atoms with Crippen LogP contribution in [0.3, 0.4) is 0 Å². The molecule has 0 heterocycles. The second kappa shape index (κ2) is 19.7. The Morgan fingerprint density at radius 1 is 0.500 bits per heavy atom. The van der Waals surface area contributed by atoms with Crippen LogP contribution in [0, 0.1) is 5.21 Å². The van der Waals surface area contributed by atoms with Crippen molar-refractivity contribution in [2.75, 3.05) is 0 Å². The lowest BCUT2D eigenvalue weighted by Crippen LogP contribution is -2.89. The summed E-state index contributed by atoms with van der Waals surface area (Å²) in [6.45, 7) is 6.39. The second-order valence-electron chi connectivity index (χ2n) is 9.22. The molecule has 2 heteroatoms. The van der Waals surface area contributed by atoms with E-state index < -0.39 is 0 Å². The molecule has 0 amide bonds. The predicted molar refractivity (Wildman–Crippen MR) is 117 cm³/mol. The minimum Gasteiger partial charge on any atom is -0.635 e. The molecule has 0 atom stereocenters. The topological polar surface area (TPSA) is 39.7 Å². The van der Waals surface area contributed by atoms with Gasteiger partial charge in [0.2, 0.25) is 0 Å². The summed E-state index contributed by atoms with van der Waals surface area (Å²) in [5.74, 6) is 0. The highest BCUT2D eigenvalue weighted by Crippen LogP contribution is 2.15. The van der Waals surface area contributed by atoms with Gasteiger partial charge in [0.05, 0.1) is 5.54 Å². The molecule has 0 aliphatic carbocycles. The van der Waals surface area contributed by atoms with Crippen molar-refractivity contribution in [2.45, 2.75) is 155 Å². The summed E-state index contributed by atoms with van der Waals surface area (Å²) in [4.78, 5) is 0. The maximum atomic E-state index is 10.8. The third-order valence-electron chi connectivity index (χ3n) is 5.74. The number of hydroxylamine groups is 1. The summed E-state index contributed by atoms with van der Waals surface area (Å²) in [6.07, 6.45) is 28.0. The van der Waals surface area contributed by atoms with Gasteiger partial charge in [0.15, 0.2) is 0 Å². The van der Waals surface area contributed by atoms with E-state index in [-0.39, 0.29) is 5.54 Å². The third-order valence-corrected chi connectivity index (χ3v) is 5.74. The largest absolute Gasteiger partial charge is 0.635 e. The minimum atomic E-state index is -0.103. The van der Waals surface area contributed by atoms with E-state index in [1.807, 2.05) is 0 Å². The summed E-state index contributed by atoms with van der Waals surface area (Å²) in [7, 11) is 0. The highest BCUT2D eigenvalue weighted by molar-refractivity contribution is 4.64. The molecular weight excluding hydrogens is 318 g/mol. The fourth-order valence-corrected chi connectivity index (χ4v) is 3.72. The molecule has 0 unspecified atom stereocenters. The van der Waals surface area contributed by atoms with Gasteiger partial charge in [0.25, 0.3) is 0 Å². The van der Waals surface area contributed by atoms with E-state index in [0.29, 0.717) is 0 Å². The maximum Gasteiger partial charge on any atom is 0.0901 e. The summed E-state index contributed by atoms with van der Waals surface area (Å²) in [6, 6.07) is 0. The molecule has 0 aromatic carbocycles. The van der Waals surface area contributed by atoms with Crippen molar-refractivity contribution in [1.82, 2.24) is 0 Å². The first-order valence-corrected chi connectivity index (χ1v) is 12.1. The van der Waals surface area contributed by atoms with Crippen LogP contribution in [-0.4, -0.2) is 5.54 Å². The smallest absolute Gasteiger partial charge is 0.0901 e. The Labute approximate surface area is 165 Å². The first-order valence-electron chi connectivity index (χ1n) is 12.1. The summed E-state index contributed by atoms with van der Waals surface area (Å²) < 4.78 is 0. The van der Waals surface area contributed by atoms with Crippen LogP contribution in [0.15, 0.2) is 0 Å². The van der Waals surface area contributed by atoms with E-state index in [1.165, 1.54) is 122 Å². The molecule has 0 rings (SSSR count). The highest BCUT2D eigenvalue weighted by Gasteiger charge is 2.15. The van der Waals surface area contributed by atoms with E-state index in [0.717, 1.165) is 11.9 Å². The van der Waals surface area contributed by atoms with Crippen LogP contribution in [0.5, 0.6) is 0 Å². The van der Waals surface area contributed by atoms with Crippen LogP contribution < -0.4 is 5.48 Å². The lowest BCUT2D eigenvalue weighted by atomic mass is 9.97. The molecule has 0 saturated heterocycles. The molecule has 0 radical (unpaired) electrons. The summed E-state index contributed by atoms with van der Waals surface area (Å²) in [5, 5.41) is 10.8. The van der Waals surface area contributed by atoms with Gasteiger partial charge in [0, 0.05) is 6.42 Å². The molecular formula is C24H51NO. The SMILES string of the molecule is CCCCCCCCCCCCCCCCCCCCCC(C)(C)[NH2+][O-]. The number of quaternary nitrogens is 1. The van der Waals surface area contributed by atoms with Crippen LogP contribution >= 0.6 is 0 Å². The van der Waals surface area contributed by atoms with Crippen LogP contribution in [0.4, 0.5) is 0 Å². The monoisotopic (exact) mass is 369 g/mol. The van der Waals surface area contributed by atoms with E-state index in [1.54, 1.807) is 0 Å². The molecule has 2 N–H and O–H groups in total. The van der Waals surface area contributed by atoms with E-state index >= 15 is 0 Å². The van der Waals surface area contributed by atoms with Crippen LogP contribution in [-0.2, 0) is 0 Å². The first-order chi connectivity index (χ1) is 12.6. The Balaban J connectivity index is 3.05. The van der Waals surface area contributed by atoms with Crippen molar-refractivity contribution >= 4 is 0 Å². The van der Waals surface area contributed by atoms with Gasteiger partial charge in [-0.15, -0.1) is 0 Å². The minimum absolute atomic E-state index is 0.103. The molecule has 0 fully saturated rings. The molecule has 0 aliphatic rings. The standard InChI is InChI=1S/C24H51NO/c1-4-5-6-7-8-9-10-11-12-13-14-15-16-17-18-19-20-21-22-23-24(2,3)25-26/h4-23,25H2,1-3H3. The molecule has 0 saturated carbocycles. The Kier molecular flexibility index (Phi) is 19.6. The van der Waals surface area contributed by atoms with Gasteiger partial charge in [-0.25, -0.2) is 0 Å². The van der Waals surface area contributed by atoms with Gasteiger partial charge >= 0.3 is 0 Å². The van der Waals surface area contributed by atoms with Gasteiger partial charge in [-0.2, -0.15) is 0 Å². The van der Waals surface area contributed by atoms with E-state index in [4.69, 9.17) is 0 Å². The van der Waals surface area contributed by atoms with Crippen LogP contribution in [0.1, 0.15) is 149 Å². The fraction of sp³-hybridized carbons (Fsp3) is 1.00. The van der Waals surface area contributed by atoms with Crippen molar-refractivity contribution in [3.8, 4) is 0 Å². The lowest BCUT2D eigenvalue weighted by Gasteiger charge is -2.24. The number of nitrogens with two attached hydrogens (primary N) is 1. The van der Waals surface area contributed by atoms with Gasteiger partial charge in [0.1, 0.15) is 0 Å². The average molecular weight is 370 g/mol. The van der Waals surface area contributed by atoms with Crippen molar-refractivity contribution in [2.24, 2.45) is 0 Å². The van der Waals surface area contributed by atoms with Crippen molar-refractivity contribution in [3.05, 3.63) is 5.21 Å². The van der Waals surface area contributed by atoms with Gasteiger partial charge in [-0.3, -0.25) is 0 Å². The van der Waals surface area contributed by atoms with Crippen LogP contribution in [0.25, 0.3) is 0 Å². The quantitative estimate of drug-likeness (QED) is 0.164. The molecule has 0 spiro atoms. The Morgan fingerprint density at radius 2 is 0.769 bits per heavy atom. The Bertz CT molecular complexity index is 265. The van der Waals surface area contributed by atoms with Crippen molar-refractivity contribution in [3.63, 3.8) is 0 Å². The number of unbranched alkanes of at least 4 members (excludes halogenated alkanes) is 18. The predicted octanol–water partition coefficient (Wildman–Crippen LogP) is 7.65. The molecule has 0 aromatic rings. The second-order valence-corrected chi connectivity index (χ2v) is 9.22. The molecule has 0 aromatic heterocycles. The summed E-state index contributed by atoms with van der Waals surface area (Å²) >= 11 is 0. The van der Waals surface area contributed by atoms with Crippen molar-refractivity contribution < 1.29 is 5.48 Å². The fourth-order valence-electron chi connectivity index (χ4n) is 3.72. The van der Waals surface area contributed by atoms with Crippen molar-refractivity contribution in [1.29, 1.82) is 0 Å². The molecule has 2 nitrogen and oxygen atoms in total. The molecule has 0 aliphatic heterocycles. The van der Waals surface area contributed by atoms with E-state index in [2.05, 4.69) is 20.8 Å².